The molecular weight excluding hydrogens is 310 g/mol. The lowest BCUT2D eigenvalue weighted by atomic mass is 10.1. The molecule has 2 heterocycles. The smallest absolute Gasteiger partial charge is 0.257 e. The number of aliphatic hydroxyl groups excluding tert-OH is 1. The van der Waals surface area contributed by atoms with E-state index in [2.05, 4.69) is 10.6 Å². The molecule has 24 heavy (non-hydrogen) atoms. The standard InChI is InChI=1S/C17H19N3O4/c1-9-3-5-11-14(15(9)22)19-16(23)12-7-10(4-6-13(21)18-2)8-20(12)17(11)24/h3-7,12,16,19,22-23H,8H2,1-2H3,(H,18,21)/b6-4+. The summed E-state index contributed by atoms with van der Waals surface area (Å²) in [4.78, 5) is 25.6. The summed E-state index contributed by atoms with van der Waals surface area (Å²) >= 11 is 0. The largest absolute Gasteiger partial charge is 0.505 e. The van der Waals surface area contributed by atoms with Gasteiger partial charge in [0.1, 0.15) is 12.0 Å². The van der Waals surface area contributed by atoms with Crippen LogP contribution in [0.25, 0.3) is 0 Å². The van der Waals surface area contributed by atoms with Gasteiger partial charge in [0, 0.05) is 19.7 Å². The van der Waals surface area contributed by atoms with Crippen LogP contribution in [0, 0.1) is 6.92 Å². The Hall–Kier alpha value is -2.80. The highest BCUT2D eigenvalue weighted by Gasteiger charge is 2.38. The second-order valence-corrected chi connectivity index (χ2v) is 5.86. The van der Waals surface area contributed by atoms with Gasteiger partial charge in [0.2, 0.25) is 5.91 Å². The van der Waals surface area contributed by atoms with Gasteiger partial charge in [-0.1, -0.05) is 18.2 Å². The first-order valence-corrected chi connectivity index (χ1v) is 7.61. The molecule has 0 aliphatic carbocycles. The summed E-state index contributed by atoms with van der Waals surface area (Å²) in [5.41, 5.74) is 1.94. The second kappa shape index (κ2) is 6.01. The van der Waals surface area contributed by atoms with Gasteiger partial charge >= 0.3 is 0 Å². The number of phenols is 1. The molecule has 7 heteroatoms. The zero-order valence-corrected chi connectivity index (χ0v) is 13.4. The predicted molar refractivity (Wildman–Crippen MR) is 88.6 cm³/mol. The number of aliphatic hydroxyl groups is 1. The van der Waals surface area contributed by atoms with Crippen LogP contribution in [-0.4, -0.2) is 52.8 Å². The number of carbonyl (C=O) groups excluding carboxylic acids is 2. The average Bonchev–Trinajstić information content (AvgIpc) is 2.97. The van der Waals surface area contributed by atoms with Gasteiger partial charge in [-0.3, -0.25) is 9.59 Å². The SMILES string of the molecule is CNC(=O)/C=C/C1=CC2C(O)Nc3c(ccc(C)c3O)C(=O)N2C1. The van der Waals surface area contributed by atoms with Crippen LogP contribution in [0.5, 0.6) is 5.75 Å². The van der Waals surface area contributed by atoms with Crippen molar-refractivity contribution in [2.45, 2.75) is 19.2 Å². The lowest BCUT2D eigenvalue weighted by molar-refractivity contribution is -0.116. The molecular formula is C17H19N3O4. The lowest BCUT2D eigenvalue weighted by Crippen LogP contribution is -2.43. The van der Waals surface area contributed by atoms with E-state index in [1.807, 2.05) is 0 Å². The van der Waals surface area contributed by atoms with Crippen molar-refractivity contribution in [1.82, 2.24) is 10.2 Å². The van der Waals surface area contributed by atoms with Gasteiger partial charge in [0.25, 0.3) is 5.91 Å². The minimum atomic E-state index is -1.06. The first-order valence-electron chi connectivity index (χ1n) is 7.61. The van der Waals surface area contributed by atoms with Crippen molar-refractivity contribution in [1.29, 1.82) is 0 Å². The van der Waals surface area contributed by atoms with E-state index >= 15 is 0 Å². The maximum Gasteiger partial charge on any atom is 0.257 e. The minimum Gasteiger partial charge on any atom is -0.505 e. The highest BCUT2D eigenvalue weighted by Crippen LogP contribution is 2.37. The summed E-state index contributed by atoms with van der Waals surface area (Å²) in [7, 11) is 1.53. The number of benzene rings is 1. The van der Waals surface area contributed by atoms with Gasteiger partial charge in [-0.2, -0.15) is 0 Å². The van der Waals surface area contributed by atoms with E-state index in [1.54, 1.807) is 31.2 Å². The third-order valence-electron chi connectivity index (χ3n) is 4.28. The average molecular weight is 329 g/mol. The number of aryl methyl sites for hydroxylation is 1. The van der Waals surface area contributed by atoms with Crippen LogP contribution in [-0.2, 0) is 4.79 Å². The van der Waals surface area contributed by atoms with Crippen LogP contribution in [0.1, 0.15) is 15.9 Å². The molecule has 2 unspecified atom stereocenters. The van der Waals surface area contributed by atoms with Gasteiger partial charge in [0.05, 0.1) is 17.3 Å². The summed E-state index contributed by atoms with van der Waals surface area (Å²) < 4.78 is 0. The van der Waals surface area contributed by atoms with E-state index < -0.39 is 12.3 Å². The zero-order chi connectivity index (χ0) is 17.4. The van der Waals surface area contributed by atoms with Gasteiger partial charge in [-0.25, -0.2) is 0 Å². The second-order valence-electron chi connectivity index (χ2n) is 5.86. The number of fused-ring (bicyclic) bond motifs is 2. The normalized spacial score (nSPS) is 22.5. The van der Waals surface area contributed by atoms with E-state index in [0.717, 1.165) is 5.57 Å². The number of nitrogens with one attached hydrogen (secondary N) is 2. The predicted octanol–water partition coefficient (Wildman–Crippen LogP) is 0.498. The van der Waals surface area contributed by atoms with Crippen molar-refractivity contribution in [3.05, 3.63) is 47.1 Å². The molecule has 7 nitrogen and oxygen atoms in total. The summed E-state index contributed by atoms with van der Waals surface area (Å²) in [6.07, 6.45) is 3.69. The number of aromatic hydroxyl groups is 1. The minimum absolute atomic E-state index is 0.0372. The monoisotopic (exact) mass is 329 g/mol. The topological polar surface area (TPSA) is 102 Å². The summed E-state index contributed by atoms with van der Waals surface area (Å²) in [6, 6.07) is 2.72. The number of hydrogen-bond donors (Lipinski definition) is 4. The Morgan fingerprint density at radius 3 is 2.92 bits per heavy atom. The van der Waals surface area contributed by atoms with Crippen LogP contribution in [0.4, 0.5) is 5.69 Å². The Morgan fingerprint density at radius 2 is 2.21 bits per heavy atom. The van der Waals surface area contributed by atoms with Gasteiger partial charge in [-0.15, -0.1) is 0 Å². The van der Waals surface area contributed by atoms with Crippen LogP contribution in [0.3, 0.4) is 0 Å². The van der Waals surface area contributed by atoms with E-state index in [0.29, 0.717) is 11.1 Å². The fraction of sp³-hybridized carbons (Fsp3) is 0.294. The lowest BCUT2D eigenvalue weighted by Gasteiger charge is -2.25. The van der Waals surface area contributed by atoms with Crippen LogP contribution in [0.15, 0.2) is 35.9 Å². The Labute approximate surface area is 139 Å². The number of carbonyl (C=O) groups is 2. The first-order chi connectivity index (χ1) is 11.4. The number of likely N-dealkylation sites (N-methyl/N-ethyl adjacent to an activating group) is 1. The molecule has 2 amide bonds. The summed E-state index contributed by atoms with van der Waals surface area (Å²) in [5, 5.41) is 25.9. The number of rotatable bonds is 2. The summed E-state index contributed by atoms with van der Waals surface area (Å²) in [5.74, 6) is -0.563. The molecule has 4 N–H and O–H groups in total. The molecule has 0 bridgehead atoms. The number of amides is 2. The fourth-order valence-electron chi connectivity index (χ4n) is 2.91. The highest BCUT2D eigenvalue weighted by molar-refractivity contribution is 6.02. The molecule has 2 aliphatic rings. The van der Waals surface area contributed by atoms with Gasteiger partial charge in [0.15, 0.2) is 0 Å². The van der Waals surface area contributed by atoms with E-state index in [-0.39, 0.29) is 29.8 Å². The maximum absolute atomic E-state index is 12.8. The molecule has 0 spiro atoms. The van der Waals surface area contributed by atoms with Crippen molar-refractivity contribution in [2.24, 2.45) is 0 Å². The van der Waals surface area contributed by atoms with Crippen molar-refractivity contribution in [2.75, 3.05) is 18.9 Å². The third-order valence-corrected chi connectivity index (χ3v) is 4.28. The number of nitrogens with zero attached hydrogens (tertiary/aromatic N) is 1. The number of anilines is 1. The molecule has 126 valence electrons. The van der Waals surface area contributed by atoms with E-state index in [4.69, 9.17) is 0 Å². The van der Waals surface area contributed by atoms with Crippen molar-refractivity contribution < 1.29 is 19.8 Å². The molecule has 0 saturated carbocycles. The van der Waals surface area contributed by atoms with Gasteiger partial charge in [-0.05, 0) is 24.1 Å². The maximum atomic E-state index is 12.8. The Morgan fingerprint density at radius 1 is 1.46 bits per heavy atom. The first kappa shape index (κ1) is 16.1. The molecule has 0 fully saturated rings. The van der Waals surface area contributed by atoms with E-state index in [1.165, 1.54) is 18.0 Å². The van der Waals surface area contributed by atoms with Crippen molar-refractivity contribution in [3.63, 3.8) is 0 Å². The van der Waals surface area contributed by atoms with Crippen molar-refractivity contribution in [3.8, 4) is 5.75 Å². The van der Waals surface area contributed by atoms with Crippen LogP contribution in [0.2, 0.25) is 0 Å². The Bertz CT molecular complexity index is 769. The number of hydrogen-bond acceptors (Lipinski definition) is 5. The molecule has 2 aliphatic heterocycles. The Balaban J connectivity index is 1.93. The van der Waals surface area contributed by atoms with Gasteiger partial charge < -0.3 is 25.7 Å². The fourth-order valence-corrected chi connectivity index (χ4v) is 2.91. The molecule has 1 aromatic rings. The molecule has 0 saturated heterocycles. The third kappa shape index (κ3) is 2.63. The zero-order valence-electron chi connectivity index (χ0n) is 13.4. The molecule has 0 radical (unpaired) electrons. The molecule has 2 atom stereocenters. The van der Waals surface area contributed by atoms with Crippen LogP contribution < -0.4 is 10.6 Å². The highest BCUT2D eigenvalue weighted by atomic mass is 16.3. The number of phenolic OH excluding ortho intramolecular Hbond substituents is 1. The molecule has 3 rings (SSSR count). The Kier molecular flexibility index (Phi) is 4.02. The van der Waals surface area contributed by atoms with E-state index in [9.17, 15) is 19.8 Å². The molecule has 1 aromatic carbocycles. The summed E-state index contributed by atoms with van der Waals surface area (Å²) in [6.45, 7) is 2.01. The molecule has 0 aromatic heterocycles. The van der Waals surface area contributed by atoms with Crippen LogP contribution >= 0.6 is 0 Å². The van der Waals surface area contributed by atoms with Crippen molar-refractivity contribution >= 4 is 17.5 Å². The quantitative estimate of drug-likeness (QED) is 0.467.